The monoisotopic (exact) mass is 398 g/mol. The second kappa shape index (κ2) is 9.41. The first-order chi connectivity index (χ1) is 12.8. The number of hydrogen-bond donors (Lipinski definition) is 0. The Morgan fingerprint density at radius 1 is 1.30 bits per heavy atom. The molecule has 0 aromatic heterocycles. The van der Waals surface area contributed by atoms with Gasteiger partial charge in [-0.05, 0) is 31.4 Å². The molecule has 1 aliphatic rings. The molecule has 2 rings (SSSR count). The molecule has 0 radical (unpaired) electrons. The summed E-state index contributed by atoms with van der Waals surface area (Å²) in [4.78, 5) is 14.5. The molecule has 1 aliphatic heterocycles. The van der Waals surface area contributed by atoms with Crippen LogP contribution in [0.2, 0.25) is 0 Å². The highest BCUT2D eigenvalue weighted by molar-refractivity contribution is 7.89. The Morgan fingerprint density at radius 3 is 2.67 bits per heavy atom. The lowest BCUT2D eigenvalue weighted by molar-refractivity contribution is -0.135. The summed E-state index contributed by atoms with van der Waals surface area (Å²) < 4.78 is 36.7. The van der Waals surface area contributed by atoms with Gasteiger partial charge in [-0.2, -0.15) is 0 Å². The maximum atomic E-state index is 12.9. The molecule has 1 unspecified atom stereocenters. The number of methoxy groups -OCH3 is 2. The van der Waals surface area contributed by atoms with Gasteiger partial charge < -0.3 is 14.4 Å². The molecule has 0 saturated carbocycles. The van der Waals surface area contributed by atoms with Crippen LogP contribution < -0.4 is 9.47 Å². The minimum atomic E-state index is -3.27. The van der Waals surface area contributed by atoms with Crippen molar-refractivity contribution in [2.75, 3.05) is 40.1 Å². The zero-order chi connectivity index (χ0) is 20.0. The van der Waals surface area contributed by atoms with E-state index < -0.39 is 10.0 Å². The van der Waals surface area contributed by atoms with Crippen molar-refractivity contribution in [3.05, 3.63) is 23.8 Å². The molecule has 0 spiro atoms. The number of rotatable bonds is 8. The van der Waals surface area contributed by atoms with Crippen LogP contribution in [0.1, 0.15) is 31.7 Å². The summed E-state index contributed by atoms with van der Waals surface area (Å²) in [5.41, 5.74) is 0.875. The molecule has 0 N–H and O–H groups in total. The van der Waals surface area contributed by atoms with Crippen LogP contribution in [0.15, 0.2) is 18.2 Å². The van der Waals surface area contributed by atoms with Gasteiger partial charge in [-0.25, -0.2) is 12.7 Å². The average Bonchev–Trinajstić information content (AvgIpc) is 2.67. The molecule has 1 aromatic rings. The van der Waals surface area contributed by atoms with Crippen molar-refractivity contribution in [3.63, 3.8) is 0 Å². The van der Waals surface area contributed by atoms with Crippen molar-refractivity contribution in [2.45, 2.75) is 32.7 Å². The van der Waals surface area contributed by atoms with Crippen LogP contribution in [-0.2, 0) is 21.4 Å². The Morgan fingerprint density at radius 2 is 2.04 bits per heavy atom. The molecule has 1 aromatic carbocycles. The van der Waals surface area contributed by atoms with Crippen LogP contribution in [0, 0.1) is 5.92 Å². The van der Waals surface area contributed by atoms with Crippen LogP contribution in [0.5, 0.6) is 11.5 Å². The third kappa shape index (κ3) is 5.35. The van der Waals surface area contributed by atoms with E-state index in [-0.39, 0.29) is 24.1 Å². The molecule has 1 atom stereocenters. The Balaban J connectivity index is 2.06. The van der Waals surface area contributed by atoms with Gasteiger partial charge in [0.1, 0.15) is 11.5 Å². The highest BCUT2D eigenvalue weighted by atomic mass is 32.2. The van der Waals surface area contributed by atoms with Crippen molar-refractivity contribution in [1.29, 1.82) is 0 Å². The van der Waals surface area contributed by atoms with Gasteiger partial charge >= 0.3 is 0 Å². The molecule has 152 valence electrons. The minimum Gasteiger partial charge on any atom is -0.497 e. The summed E-state index contributed by atoms with van der Waals surface area (Å²) in [5.74, 6) is 1.13. The summed E-state index contributed by atoms with van der Waals surface area (Å²) in [6, 6.07) is 5.49. The summed E-state index contributed by atoms with van der Waals surface area (Å²) in [5, 5.41) is 0. The number of carbonyl (C=O) groups excluding carboxylic acids is 1. The van der Waals surface area contributed by atoms with Crippen LogP contribution in [0.25, 0.3) is 0 Å². The molecule has 0 bridgehead atoms. The second-order valence-corrected chi connectivity index (χ2v) is 8.97. The van der Waals surface area contributed by atoms with E-state index >= 15 is 0 Å². The van der Waals surface area contributed by atoms with Crippen LogP contribution in [0.4, 0.5) is 0 Å². The van der Waals surface area contributed by atoms with E-state index in [4.69, 9.17) is 9.47 Å². The SMILES string of the molecule is CCCS(=O)(=O)N1CCCC(C(=O)N(C)Cc2ccc(OC)cc2OC)C1. The Bertz CT molecular complexity index is 750. The van der Waals surface area contributed by atoms with Gasteiger partial charge in [-0.1, -0.05) is 6.92 Å². The highest BCUT2D eigenvalue weighted by Crippen LogP contribution is 2.27. The van der Waals surface area contributed by atoms with Gasteiger partial charge in [0, 0.05) is 38.3 Å². The lowest BCUT2D eigenvalue weighted by atomic mass is 9.98. The van der Waals surface area contributed by atoms with Crippen molar-refractivity contribution in [1.82, 2.24) is 9.21 Å². The molecule has 27 heavy (non-hydrogen) atoms. The molecule has 7 nitrogen and oxygen atoms in total. The van der Waals surface area contributed by atoms with Gasteiger partial charge in [0.05, 0.1) is 25.9 Å². The third-order valence-corrected chi connectivity index (χ3v) is 6.91. The Kier molecular flexibility index (Phi) is 7.49. The fourth-order valence-corrected chi connectivity index (χ4v) is 5.00. The number of piperidine rings is 1. The predicted molar refractivity (Wildman–Crippen MR) is 104 cm³/mol. The van der Waals surface area contributed by atoms with Crippen LogP contribution in [0.3, 0.4) is 0 Å². The summed E-state index contributed by atoms with van der Waals surface area (Å²) in [7, 11) is 1.64. The maximum Gasteiger partial charge on any atom is 0.227 e. The molecule has 1 heterocycles. The van der Waals surface area contributed by atoms with E-state index in [2.05, 4.69) is 0 Å². The lowest BCUT2D eigenvalue weighted by Gasteiger charge is -2.33. The van der Waals surface area contributed by atoms with E-state index in [0.29, 0.717) is 43.9 Å². The van der Waals surface area contributed by atoms with E-state index in [1.54, 1.807) is 32.2 Å². The number of amides is 1. The maximum absolute atomic E-state index is 12.9. The van der Waals surface area contributed by atoms with Gasteiger partial charge in [0.25, 0.3) is 0 Å². The molecular formula is C19H30N2O5S. The summed E-state index contributed by atoms with van der Waals surface area (Å²) in [6.07, 6.45) is 1.99. The van der Waals surface area contributed by atoms with Crippen molar-refractivity contribution in [2.24, 2.45) is 5.92 Å². The zero-order valence-electron chi connectivity index (χ0n) is 16.6. The van der Waals surface area contributed by atoms with E-state index in [0.717, 1.165) is 5.56 Å². The number of carbonyl (C=O) groups is 1. The summed E-state index contributed by atoms with van der Waals surface area (Å²) >= 11 is 0. The molecule has 1 fully saturated rings. The van der Waals surface area contributed by atoms with Crippen LogP contribution in [-0.4, -0.2) is 63.6 Å². The Hall–Kier alpha value is -1.80. The number of nitrogens with zero attached hydrogens (tertiary/aromatic N) is 2. The van der Waals surface area contributed by atoms with Gasteiger partial charge in [-0.3, -0.25) is 4.79 Å². The standard InChI is InChI=1S/C19H30N2O5S/c1-5-11-27(23,24)21-10-6-7-16(14-21)19(22)20(2)13-15-8-9-17(25-3)12-18(15)26-4/h8-9,12,16H,5-7,10-11,13-14H2,1-4H3. The van der Waals surface area contributed by atoms with Gasteiger partial charge in [0.15, 0.2) is 0 Å². The van der Waals surface area contributed by atoms with E-state index in [1.807, 2.05) is 19.1 Å². The number of ether oxygens (including phenoxy) is 2. The predicted octanol–water partition coefficient (Wildman–Crippen LogP) is 2.11. The van der Waals surface area contributed by atoms with Gasteiger partial charge in [0.2, 0.25) is 15.9 Å². The summed E-state index contributed by atoms with van der Waals surface area (Å²) in [6.45, 7) is 3.01. The topological polar surface area (TPSA) is 76.2 Å². The number of hydrogen-bond acceptors (Lipinski definition) is 5. The van der Waals surface area contributed by atoms with E-state index in [1.165, 1.54) is 4.31 Å². The molecule has 1 saturated heterocycles. The Labute approximate surface area is 162 Å². The highest BCUT2D eigenvalue weighted by Gasteiger charge is 2.33. The third-order valence-electron chi connectivity index (χ3n) is 4.87. The number of benzene rings is 1. The molecule has 1 amide bonds. The molecule has 0 aliphatic carbocycles. The van der Waals surface area contributed by atoms with E-state index in [9.17, 15) is 13.2 Å². The van der Waals surface area contributed by atoms with Crippen molar-refractivity contribution >= 4 is 15.9 Å². The smallest absolute Gasteiger partial charge is 0.227 e. The fraction of sp³-hybridized carbons (Fsp3) is 0.632. The van der Waals surface area contributed by atoms with Gasteiger partial charge in [-0.15, -0.1) is 0 Å². The lowest BCUT2D eigenvalue weighted by Crippen LogP contribution is -2.46. The first-order valence-corrected chi connectivity index (χ1v) is 10.9. The number of sulfonamides is 1. The van der Waals surface area contributed by atoms with Crippen molar-refractivity contribution < 1.29 is 22.7 Å². The normalized spacial score (nSPS) is 18.1. The second-order valence-electron chi connectivity index (χ2n) is 6.89. The minimum absolute atomic E-state index is 0.0377. The fourth-order valence-electron chi connectivity index (χ4n) is 3.41. The zero-order valence-corrected chi connectivity index (χ0v) is 17.4. The first-order valence-electron chi connectivity index (χ1n) is 9.26. The first kappa shape index (κ1) is 21.5. The molecule has 8 heteroatoms. The largest absolute Gasteiger partial charge is 0.497 e. The molecular weight excluding hydrogens is 368 g/mol. The van der Waals surface area contributed by atoms with Crippen molar-refractivity contribution in [3.8, 4) is 11.5 Å². The average molecular weight is 399 g/mol. The quantitative estimate of drug-likeness (QED) is 0.670. The van der Waals surface area contributed by atoms with Crippen LogP contribution >= 0.6 is 0 Å².